The van der Waals surface area contributed by atoms with Gasteiger partial charge in [0.1, 0.15) is 21.3 Å². The van der Waals surface area contributed by atoms with Crippen molar-refractivity contribution in [3.05, 3.63) is 81.2 Å². The number of halogens is 2. The molecular formula is C32H31ClFN3O5S. The van der Waals surface area contributed by atoms with Crippen LogP contribution in [0.4, 0.5) is 4.39 Å². The van der Waals surface area contributed by atoms with Crippen molar-refractivity contribution in [2.75, 3.05) is 26.3 Å². The largest absolute Gasteiger partial charge is 0.462 e. The molecule has 0 unspecified atom stereocenters. The van der Waals surface area contributed by atoms with Crippen molar-refractivity contribution < 1.29 is 28.1 Å². The normalized spacial score (nSPS) is 21.6. The average molecular weight is 624 g/mol. The summed E-state index contributed by atoms with van der Waals surface area (Å²) in [6, 6.07) is 12.2. The van der Waals surface area contributed by atoms with E-state index < -0.39 is 11.6 Å². The first-order valence-corrected chi connectivity index (χ1v) is 15.7. The van der Waals surface area contributed by atoms with Crippen LogP contribution in [0, 0.1) is 5.82 Å². The molecule has 5 heterocycles. The van der Waals surface area contributed by atoms with E-state index in [4.69, 9.17) is 35.5 Å². The first kappa shape index (κ1) is 28.3. The molecule has 0 bridgehead atoms. The predicted octanol–water partition coefficient (Wildman–Crippen LogP) is 6.79. The topological polar surface area (TPSA) is 75.0 Å². The van der Waals surface area contributed by atoms with Crippen LogP contribution in [0.25, 0.3) is 15.9 Å². The zero-order valence-electron chi connectivity index (χ0n) is 23.9. The molecule has 2 aromatic heterocycles. The first-order valence-electron chi connectivity index (χ1n) is 14.5. The molecule has 1 fully saturated rings. The number of rotatable bonds is 8. The van der Waals surface area contributed by atoms with Gasteiger partial charge >= 0.3 is 5.97 Å². The minimum atomic E-state index is -1.30. The van der Waals surface area contributed by atoms with Gasteiger partial charge in [-0.05, 0) is 55.7 Å². The third-order valence-electron chi connectivity index (χ3n) is 8.19. The summed E-state index contributed by atoms with van der Waals surface area (Å²) in [7, 11) is 0. The van der Waals surface area contributed by atoms with Crippen LogP contribution >= 0.6 is 22.9 Å². The summed E-state index contributed by atoms with van der Waals surface area (Å²) in [5.41, 5.74) is 3.35. The molecule has 2 aromatic carbocycles. The molecule has 8 nitrogen and oxygen atoms in total. The van der Waals surface area contributed by atoms with Crippen molar-refractivity contribution in [1.82, 2.24) is 14.5 Å². The quantitative estimate of drug-likeness (QED) is 0.200. The fraction of sp³-hybridized carbons (Fsp3) is 0.375. The summed E-state index contributed by atoms with van der Waals surface area (Å²) in [6.07, 6.45) is 4.19. The van der Waals surface area contributed by atoms with E-state index in [0.717, 1.165) is 59.8 Å². The van der Waals surface area contributed by atoms with Gasteiger partial charge in [0.25, 0.3) is 5.79 Å². The number of aromatic nitrogens is 2. The van der Waals surface area contributed by atoms with Gasteiger partial charge < -0.3 is 23.5 Å². The number of carbonyl (C=O) groups excluding carboxylic acids is 1. The lowest BCUT2D eigenvalue weighted by Crippen LogP contribution is -2.33. The number of fused-ring (bicyclic) bond motifs is 2. The molecule has 4 aromatic rings. The number of thiophene rings is 1. The molecule has 3 aliphatic rings. The first-order chi connectivity index (χ1) is 20.8. The Balaban J connectivity index is 1.10. The van der Waals surface area contributed by atoms with E-state index in [1.807, 2.05) is 24.3 Å². The molecular weight excluding hydrogens is 593 g/mol. The molecule has 0 aliphatic carbocycles. The van der Waals surface area contributed by atoms with Gasteiger partial charge in [-0.1, -0.05) is 29.8 Å². The molecule has 0 spiro atoms. The van der Waals surface area contributed by atoms with Gasteiger partial charge in [0.2, 0.25) is 0 Å². The van der Waals surface area contributed by atoms with E-state index >= 15 is 0 Å². The summed E-state index contributed by atoms with van der Waals surface area (Å²) in [5, 5.41) is 0.318. The molecule has 0 radical (unpaired) electrons. The number of para-hydroxylation sites is 1. The summed E-state index contributed by atoms with van der Waals surface area (Å²) < 4.78 is 40.4. The van der Waals surface area contributed by atoms with Crippen LogP contribution in [-0.2, 0) is 28.4 Å². The van der Waals surface area contributed by atoms with Crippen molar-refractivity contribution in [3.8, 4) is 11.5 Å². The van der Waals surface area contributed by atoms with Crippen molar-refractivity contribution in [2.45, 2.75) is 51.7 Å². The molecule has 11 heteroatoms. The van der Waals surface area contributed by atoms with Crippen molar-refractivity contribution >= 4 is 44.8 Å². The summed E-state index contributed by atoms with van der Waals surface area (Å²) in [5.74, 6) is 0.0778. The highest BCUT2D eigenvalue weighted by molar-refractivity contribution is 7.20. The van der Waals surface area contributed by atoms with Crippen LogP contribution in [0.3, 0.4) is 0 Å². The Hall–Kier alpha value is -3.44. The molecule has 7 rings (SSSR count). The van der Waals surface area contributed by atoms with Crippen LogP contribution in [-0.4, -0.2) is 52.8 Å². The second-order valence-electron chi connectivity index (χ2n) is 11.1. The van der Waals surface area contributed by atoms with E-state index in [0.29, 0.717) is 46.7 Å². The van der Waals surface area contributed by atoms with Gasteiger partial charge in [0, 0.05) is 37.2 Å². The van der Waals surface area contributed by atoms with E-state index in [1.165, 1.54) is 17.4 Å². The number of hydrogen-bond acceptors (Lipinski definition) is 8. The Morgan fingerprint density at radius 2 is 2.12 bits per heavy atom. The maximum absolute atomic E-state index is 14.8. The van der Waals surface area contributed by atoms with Crippen LogP contribution in [0.15, 0.2) is 48.5 Å². The fourth-order valence-corrected chi connectivity index (χ4v) is 6.97. The lowest BCUT2D eigenvalue weighted by Gasteiger charge is -2.29. The molecule has 224 valence electrons. The molecule has 43 heavy (non-hydrogen) atoms. The van der Waals surface area contributed by atoms with Gasteiger partial charge in [-0.3, -0.25) is 4.90 Å². The number of benzene rings is 2. The Bertz CT molecular complexity index is 1750. The Labute approximate surface area is 257 Å². The summed E-state index contributed by atoms with van der Waals surface area (Å²) in [4.78, 5) is 21.0. The zero-order valence-corrected chi connectivity index (χ0v) is 25.5. The fourth-order valence-electron chi connectivity index (χ4n) is 5.87. The highest BCUT2D eigenvalue weighted by Crippen LogP contribution is 2.49. The minimum Gasteiger partial charge on any atom is -0.462 e. The van der Waals surface area contributed by atoms with Gasteiger partial charge in [0.15, 0.2) is 11.5 Å². The van der Waals surface area contributed by atoms with Gasteiger partial charge in [-0.25, -0.2) is 14.2 Å². The SMILES string of the molecule is CCOC(=O)c1cc2c(nc(CN3CC=C(c4cccc5c4O[C@@](C)(c4ccc(Cl)cc4F)O5)CC3)n2C[C@@H]2CCO2)s1. The van der Waals surface area contributed by atoms with Crippen molar-refractivity contribution in [3.63, 3.8) is 0 Å². The predicted molar refractivity (Wildman–Crippen MR) is 162 cm³/mol. The van der Waals surface area contributed by atoms with Gasteiger partial charge in [-0.15, -0.1) is 11.3 Å². The highest BCUT2D eigenvalue weighted by Gasteiger charge is 2.42. The Morgan fingerprint density at radius 3 is 2.84 bits per heavy atom. The standard InChI is InChI=1S/C32H31ClFN3O5S/c1-3-39-31(38)27-16-25-30(43-27)35-28(37(25)17-21-11-14-40-21)18-36-12-9-19(10-13-36)22-5-4-6-26-29(22)42-32(2,41-26)23-8-7-20(33)15-24(23)34/h4-9,15-16,21H,3,10-14,17-18H2,1-2H3/t21-,32-/m0/s1. The van der Waals surface area contributed by atoms with Gasteiger partial charge in [0.05, 0.1) is 36.9 Å². The third-order valence-corrected chi connectivity index (χ3v) is 9.42. The average Bonchev–Trinajstić information content (AvgIpc) is 3.62. The number of hydrogen-bond donors (Lipinski definition) is 0. The number of carbonyl (C=O) groups is 1. The second kappa shape index (κ2) is 11.2. The molecule has 0 saturated carbocycles. The monoisotopic (exact) mass is 623 g/mol. The maximum atomic E-state index is 14.8. The third kappa shape index (κ3) is 5.31. The Morgan fingerprint density at radius 1 is 1.26 bits per heavy atom. The van der Waals surface area contributed by atoms with Crippen LogP contribution < -0.4 is 9.47 Å². The van der Waals surface area contributed by atoms with E-state index in [-0.39, 0.29) is 12.1 Å². The van der Waals surface area contributed by atoms with Crippen molar-refractivity contribution in [2.24, 2.45) is 0 Å². The molecule has 0 amide bonds. The Kier molecular flexibility index (Phi) is 7.41. The minimum absolute atomic E-state index is 0.157. The number of esters is 1. The maximum Gasteiger partial charge on any atom is 0.348 e. The zero-order chi connectivity index (χ0) is 29.7. The second-order valence-corrected chi connectivity index (χ2v) is 12.5. The number of nitrogens with zero attached hydrogens (tertiary/aromatic N) is 3. The van der Waals surface area contributed by atoms with Crippen LogP contribution in [0.5, 0.6) is 11.5 Å². The van der Waals surface area contributed by atoms with Gasteiger partial charge in [-0.2, -0.15) is 0 Å². The number of imidazole rings is 1. The lowest BCUT2D eigenvalue weighted by atomic mass is 9.98. The van der Waals surface area contributed by atoms with E-state index in [9.17, 15) is 9.18 Å². The molecule has 0 N–H and O–H groups in total. The molecule has 3 aliphatic heterocycles. The van der Waals surface area contributed by atoms with Crippen LogP contribution in [0.2, 0.25) is 5.02 Å². The summed E-state index contributed by atoms with van der Waals surface area (Å²) in [6.45, 7) is 7.59. The molecule has 1 saturated heterocycles. The summed E-state index contributed by atoms with van der Waals surface area (Å²) >= 11 is 7.34. The van der Waals surface area contributed by atoms with Crippen LogP contribution in [0.1, 0.15) is 53.3 Å². The number of ether oxygens (including phenoxy) is 4. The lowest BCUT2D eigenvalue weighted by molar-refractivity contribution is -0.0708. The van der Waals surface area contributed by atoms with E-state index in [1.54, 1.807) is 26.0 Å². The molecule has 2 atom stereocenters. The highest BCUT2D eigenvalue weighted by atomic mass is 35.5. The smallest absolute Gasteiger partial charge is 0.348 e. The van der Waals surface area contributed by atoms with E-state index in [2.05, 4.69) is 15.5 Å². The van der Waals surface area contributed by atoms with Crippen molar-refractivity contribution in [1.29, 1.82) is 0 Å².